The molecular weight excluding hydrogens is 1530 g/mol. The van der Waals surface area contributed by atoms with Gasteiger partial charge >= 0.3 is 0 Å². The first-order valence-electron chi connectivity index (χ1n) is 45.6. The molecule has 0 aliphatic rings. The fourth-order valence-electron chi connectivity index (χ4n) is 18.7. The third-order valence-electron chi connectivity index (χ3n) is 24.8. The van der Waals surface area contributed by atoms with Crippen molar-refractivity contribution in [2.75, 3.05) is 0 Å². The molecule has 0 radical (unpaired) electrons. The molecule has 0 fully saturated rings. The van der Waals surface area contributed by atoms with Gasteiger partial charge < -0.3 is 0 Å². The van der Waals surface area contributed by atoms with Crippen molar-refractivity contribution >= 4 is 43.1 Å². The summed E-state index contributed by atoms with van der Waals surface area (Å²) in [5.74, 6) is 0.237. The van der Waals surface area contributed by atoms with Crippen LogP contribution in [-0.2, 0) is 53.9 Å². The number of nitrogens with zero attached hydrogens (tertiary/aromatic N) is 4. The van der Waals surface area contributed by atoms with Crippen LogP contribution in [0.3, 0.4) is 0 Å². The van der Waals surface area contributed by atoms with Crippen LogP contribution in [0.5, 0.6) is 0 Å². The van der Waals surface area contributed by atoms with Gasteiger partial charge in [0.1, 0.15) is 35.4 Å². The zero-order chi connectivity index (χ0) is 90.9. The standard InChI is InChI=1S/2C31H36N.C29H31FN.C29H32N.CH4/c1-20-10-9-11-21(2)29(20)25-13-15-27(22(3)16-25)30-28-14-12-24(19-31(5,6)7)18-26(28)17-23(4)32(30)8;1-21(2)28-18-26(24-11-9-8-10-12-24)19-29(22(28)3)30-27-14-13-23(20-31(4,5)6)17-25(27)15-16-32(30)7;1-19-14-27(30)26(22-10-8-7-9-11-22)17-25(19)28-24-13-12-21(18-29(3,4)5)16-23(24)15-20(2)31(28)6;1-20-16-24(23-10-8-7-9-11-23)13-15-26(20)28-27-14-12-22(19-29(3,4)5)18-25(27)17-21(2)30(28)6;/h9-18H,19H2,1-8H3;8-19,21H,20H2,1-7H3;7-17H,18H2,1-6H3;7-18H,19H2,1-6H3;1H4/q4*+1;/i;16D;;;. The summed E-state index contributed by atoms with van der Waals surface area (Å²) in [4.78, 5) is 0. The van der Waals surface area contributed by atoms with Gasteiger partial charge in [0, 0.05) is 61.7 Å². The Kier molecular flexibility index (Phi) is 27.8. The van der Waals surface area contributed by atoms with E-state index in [9.17, 15) is 4.39 Å². The first-order chi connectivity index (χ1) is 59.5. The molecule has 0 bridgehead atoms. The SMILES string of the molecule is C.Cc1cc(-c2c(C)cccc2C)ccc1-c1c2ccc(CC(C)(C)C)cc2cc(C)[n+]1C.Cc1cc(-c2ccccc2)ccc1-c1c2ccc(CC(C)(C)C)cc2cc(C)[n+]1C.Cc1cc(F)c(-c2ccccc2)cc1-c1c2ccc(CC(C)(C)C)cc2cc(C)[n+]1C.[2H]c1cc2cc(CC(C)(C)C)ccc2c(-c2cc(-c3ccccc3)cc(C(C)C)c2C)[n+]1C. The minimum absolute atomic E-state index is 0. The Hall–Kier alpha value is -11.8. The number of fused-ring (bicyclic) bond motifs is 4. The molecular formula is C121H139FN4+4. The number of hydrogen-bond acceptors (Lipinski definition) is 0. The van der Waals surface area contributed by atoms with E-state index in [2.05, 4.69) is 406 Å². The van der Waals surface area contributed by atoms with Gasteiger partial charge in [0.2, 0.25) is 22.8 Å². The van der Waals surface area contributed by atoms with Crippen LogP contribution in [0.2, 0.25) is 0 Å². The van der Waals surface area contributed by atoms with Crippen LogP contribution in [0.15, 0.2) is 273 Å². The van der Waals surface area contributed by atoms with Gasteiger partial charge in [0.05, 0.1) is 32.7 Å². The lowest BCUT2D eigenvalue weighted by atomic mass is 9.86. The maximum Gasteiger partial charge on any atom is 0.220 e. The van der Waals surface area contributed by atoms with Crippen molar-refractivity contribution in [1.82, 2.24) is 0 Å². The highest BCUT2D eigenvalue weighted by Gasteiger charge is 2.29. The van der Waals surface area contributed by atoms with Crippen LogP contribution in [0.4, 0.5) is 4.39 Å². The Morgan fingerprint density at radius 2 is 0.651 bits per heavy atom. The molecule has 0 amide bonds. The van der Waals surface area contributed by atoms with Crippen molar-refractivity contribution in [3.8, 4) is 89.5 Å². The van der Waals surface area contributed by atoms with E-state index in [1.165, 1.54) is 172 Å². The van der Waals surface area contributed by atoms with E-state index in [0.29, 0.717) is 17.7 Å². The molecule has 16 rings (SSSR count). The second-order valence-electron chi connectivity index (χ2n) is 40.9. The highest BCUT2D eigenvalue weighted by Crippen LogP contribution is 2.42. The summed E-state index contributed by atoms with van der Waals surface area (Å²) in [7, 11) is 8.48. The minimum atomic E-state index is -0.181. The lowest BCUT2D eigenvalue weighted by molar-refractivity contribution is -0.665. The topological polar surface area (TPSA) is 15.5 Å². The zero-order valence-electron chi connectivity index (χ0n) is 81.0. The lowest BCUT2D eigenvalue weighted by Crippen LogP contribution is -2.35. The Bertz CT molecular complexity index is 6720. The summed E-state index contributed by atoms with van der Waals surface area (Å²) in [5, 5.41) is 10.1. The maximum absolute atomic E-state index is 14.9. The number of halogens is 1. The largest absolute Gasteiger partial charge is 0.220 e. The highest BCUT2D eigenvalue weighted by atomic mass is 19.1. The van der Waals surface area contributed by atoms with Gasteiger partial charge in [-0.1, -0.05) is 292 Å². The van der Waals surface area contributed by atoms with E-state index in [0.717, 1.165) is 59.1 Å². The third-order valence-corrected chi connectivity index (χ3v) is 24.8. The molecule has 4 aromatic heterocycles. The van der Waals surface area contributed by atoms with Crippen molar-refractivity contribution in [2.45, 2.75) is 198 Å². The van der Waals surface area contributed by atoms with Crippen molar-refractivity contribution in [2.24, 2.45) is 49.9 Å². The quantitative estimate of drug-likeness (QED) is 0.102. The van der Waals surface area contributed by atoms with Gasteiger partial charge in [0.25, 0.3) is 0 Å². The van der Waals surface area contributed by atoms with Gasteiger partial charge in [0.15, 0.2) is 23.3 Å². The fraction of sp³-hybridized carbons (Fsp3) is 0.306. The van der Waals surface area contributed by atoms with Gasteiger partial charge in [-0.25, -0.2) is 8.96 Å². The van der Waals surface area contributed by atoms with Gasteiger partial charge in [-0.05, 0) is 271 Å². The smallest absolute Gasteiger partial charge is 0.206 e. The Labute approximate surface area is 757 Å². The van der Waals surface area contributed by atoms with Crippen LogP contribution < -0.4 is 18.3 Å². The van der Waals surface area contributed by atoms with Gasteiger partial charge in [-0.2, -0.15) is 13.7 Å². The zero-order valence-corrected chi connectivity index (χ0v) is 80.0. The molecule has 126 heavy (non-hydrogen) atoms. The number of pyridine rings is 4. The summed E-state index contributed by atoms with van der Waals surface area (Å²) < 4.78 is 32.6. The predicted octanol–water partition coefficient (Wildman–Crippen LogP) is 31.0. The average Bonchev–Trinajstić information content (AvgIpc) is 0.761. The second kappa shape index (κ2) is 38.2. The number of aryl methyl sites for hydroxylation is 8. The Morgan fingerprint density at radius 1 is 0.294 bits per heavy atom. The molecule has 0 spiro atoms. The molecule has 12 aromatic carbocycles. The van der Waals surface area contributed by atoms with Crippen molar-refractivity contribution < 1.29 is 24.0 Å². The monoisotopic (exact) mass is 1670 g/mol. The van der Waals surface area contributed by atoms with E-state index in [1.54, 1.807) is 6.07 Å². The average molecular weight is 1670 g/mol. The summed E-state index contributed by atoms with van der Waals surface area (Å²) in [5.41, 5.74) is 38.0. The molecule has 4 nitrogen and oxygen atoms in total. The predicted molar refractivity (Wildman–Crippen MR) is 540 cm³/mol. The summed E-state index contributed by atoms with van der Waals surface area (Å²) in [6.45, 7) is 51.6. The summed E-state index contributed by atoms with van der Waals surface area (Å²) in [6.07, 6.45) is 4.75. The summed E-state index contributed by atoms with van der Waals surface area (Å²) in [6, 6.07) is 96.2. The van der Waals surface area contributed by atoms with E-state index in [1.807, 2.05) is 61.0 Å². The molecule has 0 unspecified atom stereocenters. The van der Waals surface area contributed by atoms with Crippen LogP contribution in [0.1, 0.15) is 190 Å². The first-order valence-corrected chi connectivity index (χ1v) is 45.1. The molecule has 0 saturated heterocycles. The fourth-order valence-corrected chi connectivity index (χ4v) is 18.7. The van der Waals surface area contributed by atoms with Gasteiger partial charge in [-0.3, -0.25) is 0 Å². The molecule has 16 aromatic rings. The maximum atomic E-state index is 14.9. The first kappa shape index (κ1) is 91.9. The number of rotatable bonds is 13. The third kappa shape index (κ3) is 21.6. The molecule has 0 N–H and O–H groups in total. The number of benzene rings is 12. The molecule has 5 heteroatoms. The van der Waals surface area contributed by atoms with Crippen LogP contribution in [0.25, 0.3) is 133 Å². The number of hydrogen-bond donors (Lipinski definition) is 0. The molecule has 0 aliphatic carbocycles. The van der Waals surface area contributed by atoms with Gasteiger partial charge in [-0.15, -0.1) is 0 Å². The molecule has 4 heterocycles. The summed E-state index contributed by atoms with van der Waals surface area (Å²) >= 11 is 0. The van der Waals surface area contributed by atoms with Crippen molar-refractivity contribution in [1.29, 1.82) is 0 Å². The van der Waals surface area contributed by atoms with Crippen molar-refractivity contribution in [3.63, 3.8) is 0 Å². The van der Waals surface area contributed by atoms with Crippen LogP contribution in [0, 0.1) is 89.8 Å². The van der Waals surface area contributed by atoms with E-state index in [4.69, 9.17) is 1.37 Å². The Balaban J connectivity index is 0.000000153. The molecule has 0 atom stereocenters. The lowest BCUT2D eigenvalue weighted by Gasteiger charge is -2.19. The van der Waals surface area contributed by atoms with E-state index < -0.39 is 0 Å². The molecule has 0 saturated carbocycles. The number of aromatic nitrogens is 4. The second-order valence-corrected chi connectivity index (χ2v) is 40.9. The van der Waals surface area contributed by atoms with Crippen LogP contribution in [-0.4, -0.2) is 0 Å². The highest BCUT2D eigenvalue weighted by molar-refractivity contribution is 5.99. The van der Waals surface area contributed by atoms with E-state index >= 15 is 0 Å². The van der Waals surface area contributed by atoms with Crippen LogP contribution >= 0.6 is 0 Å². The molecule has 646 valence electrons. The Morgan fingerprint density at radius 3 is 1.05 bits per heavy atom. The van der Waals surface area contributed by atoms with Crippen molar-refractivity contribution in [3.05, 3.63) is 357 Å². The van der Waals surface area contributed by atoms with E-state index in [-0.39, 0.29) is 34.9 Å². The minimum Gasteiger partial charge on any atom is -0.206 e. The molecule has 0 aliphatic heterocycles. The normalized spacial score (nSPS) is 11.9.